The van der Waals surface area contributed by atoms with E-state index < -0.39 is 0 Å². The largest absolute Gasteiger partial charge is 0.352 e. The Morgan fingerprint density at radius 3 is 3.12 bits per heavy atom. The van der Waals surface area contributed by atoms with Gasteiger partial charge in [0.25, 0.3) is 0 Å². The lowest BCUT2D eigenvalue weighted by molar-refractivity contribution is -0.119. The van der Waals surface area contributed by atoms with Crippen molar-refractivity contribution in [1.29, 1.82) is 0 Å². The van der Waals surface area contributed by atoms with Crippen LogP contribution in [0.4, 0.5) is 0 Å². The molecule has 2 rings (SSSR count). The predicted octanol–water partition coefficient (Wildman–Crippen LogP) is 2.16. The highest BCUT2D eigenvalue weighted by molar-refractivity contribution is 9.10. The van der Waals surface area contributed by atoms with E-state index in [1.54, 1.807) is 6.92 Å². The van der Waals surface area contributed by atoms with Crippen LogP contribution in [-0.4, -0.2) is 29.9 Å². The molecule has 0 radical (unpaired) electrons. The van der Waals surface area contributed by atoms with Crippen molar-refractivity contribution in [3.8, 4) is 0 Å². The number of rotatable bonds is 3. The zero-order valence-electron chi connectivity index (χ0n) is 9.95. The average Bonchev–Trinajstić information content (AvgIpc) is 2.64. The summed E-state index contributed by atoms with van der Waals surface area (Å²) in [5.41, 5.74) is 1.31. The van der Waals surface area contributed by atoms with Crippen molar-refractivity contribution in [2.45, 2.75) is 25.9 Å². The van der Waals surface area contributed by atoms with E-state index >= 15 is 0 Å². The van der Waals surface area contributed by atoms with Crippen molar-refractivity contribution in [2.75, 3.05) is 13.1 Å². The number of halogens is 1. The van der Waals surface area contributed by atoms with Gasteiger partial charge in [0.05, 0.1) is 0 Å². The fourth-order valence-electron chi connectivity index (χ4n) is 2.28. The number of carbonyl (C=O) groups is 1. The lowest BCUT2D eigenvalue weighted by Crippen LogP contribution is -2.35. The standard InChI is InChI=1S/C13H17BrN2O/c1-10(17)15-13-5-6-16(9-13)8-11-3-2-4-12(14)7-11/h2-4,7,13H,5-6,8-9H2,1H3,(H,15,17). The predicted molar refractivity (Wildman–Crippen MR) is 71.6 cm³/mol. The van der Waals surface area contributed by atoms with Crippen LogP contribution in [-0.2, 0) is 11.3 Å². The summed E-state index contributed by atoms with van der Waals surface area (Å²) in [7, 11) is 0. The summed E-state index contributed by atoms with van der Waals surface area (Å²) in [5.74, 6) is 0.0688. The van der Waals surface area contributed by atoms with Gasteiger partial charge < -0.3 is 5.32 Å². The molecule has 3 nitrogen and oxygen atoms in total. The second kappa shape index (κ2) is 5.65. The second-order valence-corrected chi connectivity index (χ2v) is 5.47. The van der Waals surface area contributed by atoms with E-state index in [0.29, 0.717) is 6.04 Å². The summed E-state index contributed by atoms with van der Waals surface area (Å²) in [5, 5.41) is 2.98. The van der Waals surface area contributed by atoms with Crippen LogP contribution in [0.1, 0.15) is 18.9 Å². The summed E-state index contributed by atoms with van der Waals surface area (Å²) in [6, 6.07) is 8.69. The SMILES string of the molecule is CC(=O)NC1CCN(Cc2cccc(Br)c2)C1. The molecule has 1 amide bonds. The maximum Gasteiger partial charge on any atom is 0.217 e. The molecule has 1 atom stereocenters. The molecular weight excluding hydrogens is 280 g/mol. The number of benzene rings is 1. The first-order valence-electron chi connectivity index (χ1n) is 5.87. The van der Waals surface area contributed by atoms with Crippen LogP contribution in [0.25, 0.3) is 0 Å². The molecule has 4 heteroatoms. The molecule has 1 saturated heterocycles. The summed E-state index contributed by atoms with van der Waals surface area (Å²) in [6.07, 6.45) is 1.05. The minimum Gasteiger partial charge on any atom is -0.352 e. The van der Waals surface area contributed by atoms with Gasteiger partial charge in [-0.3, -0.25) is 9.69 Å². The van der Waals surface area contributed by atoms with Crippen LogP contribution in [0, 0.1) is 0 Å². The number of nitrogens with one attached hydrogen (secondary N) is 1. The number of likely N-dealkylation sites (tertiary alicyclic amines) is 1. The fourth-order valence-corrected chi connectivity index (χ4v) is 2.72. The van der Waals surface area contributed by atoms with E-state index in [4.69, 9.17) is 0 Å². The number of amides is 1. The molecule has 1 unspecified atom stereocenters. The first kappa shape index (κ1) is 12.6. The first-order chi connectivity index (χ1) is 8.13. The Morgan fingerprint density at radius 2 is 2.41 bits per heavy atom. The molecule has 92 valence electrons. The molecule has 1 heterocycles. The third-order valence-corrected chi connectivity index (χ3v) is 3.47. The number of hydrogen-bond acceptors (Lipinski definition) is 2. The van der Waals surface area contributed by atoms with Gasteiger partial charge in [0.1, 0.15) is 0 Å². The molecule has 0 saturated carbocycles. The number of hydrogen-bond donors (Lipinski definition) is 1. The molecule has 0 spiro atoms. The molecule has 0 bridgehead atoms. The maximum atomic E-state index is 11.0. The van der Waals surface area contributed by atoms with Crippen molar-refractivity contribution >= 4 is 21.8 Å². The van der Waals surface area contributed by atoms with E-state index in [9.17, 15) is 4.79 Å². The van der Waals surface area contributed by atoms with Crippen LogP contribution in [0.2, 0.25) is 0 Å². The lowest BCUT2D eigenvalue weighted by atomic mass is 10.2. The minimum atomic E-state index is 0.0688. The van der Waals surface area contributed by atoms with Gasteiger partial charge in [-0.15, -0.1) is 0 Å². The van der Waals surface area contributed by atoms with Gasteiger partial charge in [0.2, 0.25) is 5.91 Å². The second-order valence-electron chi connectivity index (χ2n) is 4.55. The molecule has 1 aliphatic heterocycles. The van der Waals surface area contributed by atoms with Gasteiger partial charge in [-0.2, -0.15) is 0 Å². The first-order valence-corrected chi connectivity index (χ1v) is 6.66. The fraction of sp³-hybridized carbons (Fsp3) is 0.462. The third kappa shape index (κ3) is 3.82. The molecule has 1 fully saturated rings. The van der Waals surface area contributed by atoms with E-state index in [-0.39, 0.29) is 5.91 Å². The number of nitrogens with zero attached hydrogens (tertiary/aromatic N) is 1. The van der Waals surface area contributed by atoms with Crippen molar-refractivity contribution in [2.24, 2.45) is 0 Å². The van der Waals surface area contributed by atoms with Crippen molar-refractivity contribution in [3.05, 3.63) is 34.3 Å². The maximum absolute atomic E-state index is 11.0. The Labute approximate surface area is 110 Å². The van der Waals surface area contributed by atoms with Gasteiger partial charge in [0, 0.05) is 37.1 Å². The van der Waals surface area contributed by atoms with Crippen LogP contribution in [0.5, 0.6) is 0 Å². The monoisotopic (exact) mass is 296 g/mol. The van der Waals surface area contributed by atoms with E-state index in [1.807, 2.05) is 6.07 Å². The molecular formula is C13H17BrN2O. The Bertz CT molecular complexity index is 408. The van der Waals surface area contributed by atoms with Gasteiger partial charge in [-0.25, -0.2) is 0 Å². The summed E-state index contributed by atoms with van der Waals surface area (Å²) < 4.78 is 1.12. The van der Waals surface area contributed by atoms with Gasteiger partial charge in [0.15, 0.2) is 0 Å². The number of carbonyl (C=O) groups excluding carboxylic acids is 1. The highest BCUT2D eigenvalue weighted by Gasteiger charge is 2.22. The van der Waals surface area contributed by atoms with E-state index in [1.165, 1.54) is 5.56 Å². The van der Waals surface area contributed by atoms with Crippen LogP contribution in [0.15, 0.2) is 28.7 Å². The average molecular weight is 297 g/mol. The smallest absolute Gasteiger partial charge is 0.217 e. The Hall–Kier alpha value is -0.870. The van der Waals surface area contributed by atoms with Crippen LogP contribution >= 0.6 is 15.9 Å². The van der Waals surface area contributed by atoms with Crippen LogP contribution < -0.4 is 5.32 Å². The third-order valence-electron chi connectivity index (χ3n) is 2.97. The summed E-state index contributed by atoms with van der Waals surface area (Å²) in [4.78, 5) is 13.4. The molecule has 17 heavy (non-hydrogen) atoms. The lowest BCUT2D eigenvalue weighted by Gasteiger charge is -2.16. The summed E-state index contributed by atoms with van der Waals surface area (Å²) >= 11 is 3.48. The van der Waals surface area contributed by atoms with Crippen molar-refractivity contribution < 1.29 is 4.79 Å². The Morgan fingerprint density at radius 1 is 1.59 bits per heavy atom. The van der Waals surface area contributed by atoms with Crippen molar-refractivity contribution in [3.63, 3.8) is 0 Å². The molecule has 0 aromatic heterocycles. The van der Waals surface area contributed by atoms with Gasteiger partial charge in [-0.1, -0.05) is 28.1 Å². The minimum absolute atomic E-state index is 0.0688. The normalized spacial score (nSPS) is 20.5. The molecule has 1 N–H and O–H groups in total. The van der Waals surface area contributed by atoms with Crippen molar-refractivity contribution in [1.82, 2.24) is 10.2 Å². The molecule has 1 aromatic carbocycles. The summed E-state index contributed by atoms with van der Waals surface area (Å²) in [6.45, 7) is 4.54. The quantitative estimate of drug-likeness (QED) is 0.927. The highest BCUT2D eigenvalue weighted by Crippen LogP contribution is 2.16. The van der Waals surface area contributed by atoms with Gasteiger partial charge in [-0.05, 0) is 24.1 Å². The molecule has 0 aliphatic carbocycles. The Balaban J connectivity index is 1.87. The zero-order chi connectivity index (χ0) is 12.3. The molecule has 1 aromatic rings. The van der Waals surface area contributed by atoms with Gasteiger partial charge >= 0.3 is 0 Å². The topological polar surface area (TPSA) is 32.3 Å². The zero-order valence-corrected chi connectivity index (χ0v) is 11.5. The van der Waals surface area contributed by atoms with Crippen LogP contribution in [0.3, 0.4) is 0 Å². The van der Waals surface area contributed by atoms with E-state index in [2.05, 4.69) is 44.3 Å². The highest BCUT2D eigenvalue weighted by atomic mass is 79.9. The Kier molecular flexibility index (Phi) is 4.18. The van der Waals surface area contributed by atoms with E-state index in [0.717, 1.165) is 30.5 Å². The molecule has 1 aliphatic rings.